The zero-order valence-corrected chi connectivity index (χ0v) is 31.9. The van der Waals surface area contributed by atoms with Crippen molar-refractivity contribution in [1.29, 1.82) is 0 Å². The Labute approximate surface area is 335 Å². The van der Waals surface area contributed by atoms with Gasteiger partial charge in [0.15, 0.2) is 0 Å². The highest BCUT2D eigenvalue weighted by Gasteiger charge is 2.26. The van der Waals surface area contributed by atoms with Gasteiger partial charge in [-0.25, -0.2) is 4.99 Å². The minimum absolute atomic E-state index is 0.322. The number of para-hydroxylation sites is 2. The van der Waals surface area contributed by atoms with Gasteiger partial charge < -0.3 is 9.88 Å². The van der Waals surface area contributed by atoms with Gasteiger partial charge in [0, 0.05) is 32.8 Å². The van der Waals surface area contributed by atoms with Crippen LogP contribution in [0, 0.1) is 6.92 Å². The summed E-state index contributed by atoms with van der Waals surface area (Å²) in [5, 5.41) is 8.36. The van der Waals surface area contributed by atoms with Crippen LogP contribution in [-0.4, -0.2) is 20.9 Å². The third-order valence-corrected chi connectivity index (χ3v) is 12.1. The maximum atomic E-state index is 5.39. The number of hydrogen-bond donors (Lipinski definition) is 1. The van der Waals surface area contributed by atoms with Gasteiger partial charge in [-0.2, -0.15) is 4.99 Å². The number of rotatable bonds is 4. The quantitative estimate of drug-likeness (QED) is 0.192. The molecule has 1 atom stereocenters. The first kappa shape index (κ1) is 32.7. The molecule has 274 valence electrons. The average molecular weight is 744 g/mol. The zero-order valence-electron chi connectivity index (χ0n) is 31.9. The fraction of sp³-hybridized carbons (Fsp3) is 0.0566. The molecule has 1 N–H and O–H groups in total. The van der Waals surface area contributed by atoms with E-state index in [9.17, 15) is 0 Å². The van der Waals surface area contributed by atoms with Crippen LogP contribution in [0.15, 0.2) is 192 Å². The Kier molecular flexibility index (Phi) is 7.20. The zero-order chi connectivity index (χ0) is 38.3. The molecule has 0 amide bonds. The van der Waals surface area contributed by atoms with Gasteiger partial charge in [-0.1, -0.05) is 133 Å². The van der Waals surface area contributed by atoms with Gasteiger partial charge in [0.25, 0.3) is 0 Å². The number of fused-ring (bicyclic) bond motifs is 9. The number of hydrogen-bond acceptors (Lipinski definition) is 3. The summed E-state index contributed by atoms with van der Waals surface area (Å²) < 4.78 is 4.68. The molecule has 1 aliphatic heterocycles. The first-order valence-electron chi connectivity index (χ1n) is 20.0. The SMILES string of the molecule is Cc1cccc2c1-c1cc(-c3ccc4c(c3)c3cc5c(cc3n4C3=NC(c4ccccc4)NC(c4ccccc4)=N3)c3ccccc3n5-c3ccccc3)ccc1C2. The van der Waals surface area contributed by atoms with E-state index in [0.29, 0.717) is 5.96 Å². The van der Waals surface area contributed by atoms with Crippen LogP contribution < -0.4 is 5.32 Å². The molecule has 5 heteroatoms. The summed E-state index contributed by atoms with van der Waals surface area (Å²) in [5.74, 6) is 1.44. The number of nitrogens with zero attached hydrogens (tertiary/aromatic N) is 4. The highest BCUT2D eigenvalue weighted by molar-refractivity contribution is 6.22. The molecule has 0 spiro atoms. The summed E-state index contributed by atoms with van der Waals surface area (Å²) in [6, 6.07) is 65.6. The highest BCUT2D eigenvalue weighted by atomic mass is 15.3. The van der Waals surface area contributed by atoms with Crippen LogP contribution in [0.3, 0.4) is 0 Å². The van der Waals surface area contributed by atoms with E-state index in [2.05, 4.69) is 191 Å². The summed E-state index contributed by atoms with van der Waals surface area (Å²) in [6.45, 7) is 2.23. The van der Waals surface area contributed by atoms with Crippen molar-refractivity contribution in [1.82, 2.24) is 14.5 Å². The Balaban J connectivity index is 1.15. The molecule has 0 fully saturated rings. The van der Waals surface area contributed by atoms with Crippen molar-refractivity contribution in [3.05, 3.63) is 210 Å². The maximum absolute atomic E-state index is 5.39. The molecule has 3 heterocycles. The molecule has 8 aromatic carbocycles. The van der Waals surface area contributed by atoms with Crippen molar-refractivity contribution < 1.29 is 0 Å². The number of aryl methyl sites for hydroxylation is 1. The van der Waals surface area contributed by atoms with Gasteiger partial charge in [0.05, 0.1) is 22.1 Å². The molecule has 1 unspecified atom stereocenters. The highest BCUT2D eigenvalue weighted by Crippen LogP contribution is 2.43. The van der Waals surface area contributed by atoms with Crippen LogP contribution in [0.4, 0.5) is 0 Å². The van der Waals surface area contributed by atoms with E-state index in [0.717, 1.165) is 56.4 Å². The molecule has 2 aliphatic rings. The predicted octanol–water partition coefficient (Wildman–Crippen LogP) is 12.4. The van der Waals surface area contributed by atoms with Gasteiger partial charge >= 0.3 is 0 Å². The molecule has 10 aromatic rings. The normalized spacial score (nSPS) is 14.7. The van der Waals surface area contributed by atoms with Crippen molar-refractivity contribution in [3.63, 3.8) is 0 Å². The van der Waals surface area contributed by atoms with E-state index in [4.69, 9.17) is 9.98 Å². The summed E-state index contributed by atoms with van der Waals surface area (Å²) in [6.07, 6.45) is 0.661. The second-order valence-corrected chi connectivity index (χ2v) is 15.5. The van der Waals surface area contributed by atoms with Gasteiger partial charge in [0.2, 0.25) is 5.96 Å². The largest absolute Gasteiger partial charge is 0.344 e. The second-order valence-electron chi connectivity index (χ2n) is 15.5. The Morgan fingerprint density at radius 1 is 0.500 bits per heavy atom. The van der Waals surface area contributed by atoms with E-state index < -0.39 is 0 Å². The lowest BCUT2D eigenvalue weighted by Gasteiger charge is -2.24. The van der Waals surface area contributed by atoms with Gasteiger partial charge in [-0.3, -0.25) is 4.57 Å². The van der Waals surface area contributed by atoms with Crippen LogP contribution in [0.2, 0.25) is 0 Å². The fourth-order valence-corrected chi connectivity index (χ4v) is 9.42. The molecule has 58 heavy (non-hydrogen) atoms. The van der Waals surface area contributed by atoms with Crippen LogP contribution in [-0.2, 0) is 6.42 Å². The molecule has 0 saturated heterocycles. The van der Waals surface area contributed by atoms with Crippen LogP contribution in [0.25, 0.3) is 71.6 Å². The molecule has 12 rings (SSSR count). The molecular formula is C53H37N5. The molecule has 0 radical (unpaired) electrons. The van der Waals surface area contributed by atoms with Gasteiger partial charge in [0.1, 0.15) is 12.0 Å². The molecule has 2 aromatic heterocycles. The maximum Gasteiger partial charge on any atom is 0.234 e. The smallest absolute Gasteiger partial charge is 0.234 e. The monoisotopic (exact) mass is 743 g/mol. The molecule has 0 saturated carbocycles. The predicted molar refractivity (Wildman–Crippen MR) is 240 cm³/mol. The fourth-order valence-electron chi connectivity index (χ4n) is 9.42. The lowest BCUT2D eigenvalue weighted by Crippen LogP contribution is -2.35. The molecule has 5 nitrogen and oxygen atoms in total. The van der Waals surface area contributed by atoms with Gasteiger partial charge in [-0.05, 0) is 106 Å². The first-order chi connectivity index (χ1) is 28.7. The lowest BCUT2D eigenvalue weighted by molar-refractivity contribution is 0.668. The standard InChI is InChI=1S/C53H37N5/c1-33-14-13-19-39-28-38-25-24-36(29-42(38)50(33)39)37-26-27-47-43(30-37)45-32-48-44(41-22-11-12-23-46(41)57(48)40-20-9-4-10-21-40)31-49(45)58(47)53-55-51(34-15-5-2-6-16-34)54-52(56-53)35-17-7-3-8-18-35/h2-27,29-32,51H,28H2,1H3,(H,54,55,56). The van der Waals surface area contributed by atoms with Gasteiger partial charge in [-0.15, -0.1) is 0 Å². The summed E-state index contributed by atoms with van der Waals surface area (Å²) >= 11 is 0. The Hall–Kier alpha value is -7.50. The Bertz CT molecular complexity index is 3330. The topological polar surface area (TPSA) is 46.6 Å². The minimum atomic E-state index is -0.322. The van der Waals surface area contributed by atoms with Crippen LogP contribution >= 0.6 is 0 Å². The van der Waals surface area contributed by atoms with Crippen LogP contribution in [0.1, 0.15) is 34.0 Å². The lowest BCUT2D eigenvalue weighted by atomic mass is 9.95. The number of aliphatic imine (C=N–C) groups is 2. The van der Waals surface area contributed by atoms with E-state index in [1.54, 1.807) is 0 Å². The Morgan fingerprint density at radius 2 is 1.16 bits per heavy atom. The molecule has 0 bridgehead atoms. The number of amidine groups is 1. The number of aromatic nitrogens is 2. The van der Waals surface area contributed by atoms with E-state index >= 15 is 0 Å². The van der Waals surface area contributed by atoms with Crippen molar-refractivity contribution >= 4 is 55.4 Å². The van der Waals surface area contributed by atoms with Crippen molar-refractivity contribution in [2.45, 2.75) is 19.5 Å². The summed E-state index contributed by atoms with van der Waals surface area (Å²) in [5.41, 5.74) is 17.0. The second kappa shape index (κ2) is 12.8. The van der Waals surface area contributed by atoms with Crippen molar-refractivity contribution in [2.75, 3.05) is 0 Å². The molecule has 1 aliphatic carbocycles. The first-order valence-corrected chi connectivity index (χ1v) is 20.0. The summed E-state index contributed by atoms with van der Waals surface area (Å²) in [7, 11) is 0. The van der Waals surface area contributed by atoms with E-state index in [1.807, 2.05) is 12.1 Å². The summed E-state index contributed by atoms with van der Waals surface area (Å²) in [4.78, 5) is 10.7. The number of benzene rings is 8. The number of nitrogens with one attached hydrogen (secondary N) is 1. The average Bonchev–Trinajstić information content (AvgIpc) is 3.93. The van der Waals surface area contributed by atoms with E-state index in [1.165, 1.54) is 55.2 Å². The minimum Gasteiger partial charge on any atom is -0.344 e. The third-order valence-electron chi connectivity index (χ3n) is 12.1. The van der Waals surface area contributed by atoms with Crippen molar-refractivity contribution in [3.8, 4) is 27.9 Å². The van der Waals surface area contributed by atoms with E-state index in [-0.39, 0.29) is 6.17 Å². The molecular weight excluding hydrogens is 707 g/mol. The third kappa shape index (κ3) is 5.03. The van der Waals surface area contributed by atoms with Crippen LogP contribution in [0.5, 0.6) is 0 Å². The Morgan fingerprint density at radius 3 is 1.98 bits per heavy atom. The van der Waals surface area contributed by atoms with Crippen molar-refractivity contribution in [2.24, 2.45) is 9.98 Å².